The summed E-state index contributed by atoms with van der Waals surface area (Å²) in [7, 11) is 0. The third kappa shape index (κ3) is 3.33. The first kappa shape index (κ1) is 13.6. The summed E-state index contributed by atoms with van der Waals surface area (Å²) in [6.07, 6.45) is 0. The van der Waals surface area contributed by atoms with Crippen molar-refractivity contribution in [2.24, 2.45) is 5.10 Å². The van der Waals surface area contributed by atoms with Gasteiger partial charge in [-0.2, -0.15) is 5.10 Å². The standard InChI is InChI=1S/C13H11ClN2O2S/c1-8(11-6-7-12(14)19-11)15-16-13(18)9-4-2-3-5-10(9)17/h2-7,17H,1H3,(H,16,18)/b15-8+. The molecule has 6 heteroatoms. The molecule has 1 aromatic carbocycles. The number of hydrazone groups is 1. The van der Waals surface area contributed by atoms with Gasteiger partial charge in [-0.3, -0.25) is 4.79 Å². The molecular weight excluding hydrogens is 284 g/mol. The Kier molecular flexibility index (Phi) is 4.19. The molecule has 2 rings (SSSR count). The molecule has 19 heavy (non-hydrogen) atoms. The minimum atomic E-state index is -0.458. The number of thiophene rings is 1. The Hall–Kier alpha value is -1.85. The normalized spacial score (nSPS) is 11.4. The van der Waals surface area contributed by atoms with Crippen molar-refractivity contribution >= 4 is 34.6 Å². The van der Waals surface area contributed by atoms with Gasteiger partial charge in [0.2, 0.25) is 0 Å². The number of hydrogen-bond acceptors (Lipinski definition) is 4. The van der Waals surface area contributed by atoms with Gasteiger partial charge in [0.05, 0.1) is 20.5 Å². The maximum atomic E-state index is 11.8. The maximum absolute atomic E-state index is 11.8. The molecule has 1 amide bonds. The van der Waals surface area contributed by atoms with Crippen LogP contribution in [0.1, 0.15) is 22.2 Å². The summed E-state index contributed by atoms with van der Waals surface area (Å²) in [4.78, 5) is 12.7. The van der Waals surface area contributed by atoms with Gasteiger partial charge in [-0.15, -0.1) is 11.3 Å². The molecule has 1 heterocycles. The molecule has 0 fully saturated rings. The van der Waals surface area contributed by atoms with Crippen LogP contribution in [0.25, 0.3) is 0 Å². The summed E-state index contributed by atoms with van der Waals surface area (Å²) in [5, 5.41) is 13.5. The van der Waals surface area contributed by atoms with E-state index >= 15 is 0 Å². The molecule has 0 radical (unpaired) electrons. The zero-order valence-electron chi connectivity index (χ0n) is 10.1. The molecule has 2 aromatic rings. The second-order valence-electron chi connectivity index (χ2n) is 3.76. The molecular formula is C13H11ClN2O2S. The summed E-state index contributed by atoms with van der Waals surface area (Å²) in [5.41, 5.74) is 3.24. The van der Waals surface area contributed by atoms with Gasteiger partial charge >= 0.3 is 0 Å². The predicted molar refractivity (Wildman–Crippen MR) is 77.1 cm³/mol. The molecule has 98 valence electrons. The number of carbonyl (C=O) groups is 1. The molecule has 4 nitrogen and oxygen atoms in total. The van der Waals surface area contributed by atoms with Crippen LogP contribution in [-0.4, -0.2) is 16.7 Å². The molecule has 0 aliphatic carbocycles. The topological polar surface area (TPSA) is 61.7 Å². The molecule has 0 bridgehead atoms. The van der Waals surface area contributed by atoms with Crippen LogP contribution in [-0.2, 0) is 0 Å². The average Bonchev–Trinajstić information content (AvgIpc) is 2.83. The number of halogens is 1. The first-order valence-corrected chi connectivity index (χ1v) is 6.65. The lowest BCUT2D eigenvalue weighted by atomic mass is 10.2. The zero-order chi connectivity index (χ0) is 13.8. The number of phenols is 1. The van der Waals surface area contributed by atoms with E-state index in [1.54, 1.807) is 25.1 Å². The van der Waals surface area contributed by atoms with E-state index in [0.717, 1.165) is 4.88 Å². The van der Waals surface area contributed by atoms with E-state index in [2.05, 4.69) is 10.5 Å². The van der Waals surface area contributed by atoms with Gasteiger partial charge < -0.3 is 5.11 Å². The smallest absolute Gasteiger partial charge is 0.275 e. The largest absolute Gasteiger partial charge is 0.507 e. The fourth-order valence-electron chi connectivity index (χ4n) is 1.42. The first-order chi connectivity index (χ1) is 9.08. The highest BCUT2D eigenvalue weighted by Gasteiger charge is 2.09. The Labute approximate surface area is 119 Å². The van der Waals surface area contributed by atoms with E-state index in [-0.39, 0.29) is 11.3 Å². The second kappa shape index (κ2) is 5.86. The van der Waals surface area contributed by atoms with Crippen molar-refractivity contribution in [1.82, 2.24) is 5.43 Å². The van der Waals surface area contributed by atoms with Crippen molar-refractivity contribution in [2.45, 2.75) is 6.92 Å². The van der Waals surface area contributed by atoms with Crippen molar-refractivity contribution in [1.29, 1.82) is 0 Å². The van der Waals surface area contributed by atoms with Crippen molar-refractivity contribution in [3.05, 3.63) is 51.2 Å². The van der Waals surface area contributed by atoms with Gasteiger partial charge in [-0.25, -0.2) is 5.43 Å². The summed E-state index contributed by atoms with van der Waals surface area (Å²) < 4.78 is 0.664. The van der Waals surface area contributed by atoms with Crippen molar-refractivity contribution in [2.75, 3.05) is 0 Å². The number of phenolic OH excluding ortho intramolecular Hbond substituents is 1. The lowest BCUT2D eigenvalue weighted by Crippen LogP contribution is -2.19. The Morgan fingerprint density at radius 1 is 1.32 bits per heavy atom. The predicted octanol–water partition coefficient (Wildman–Crippen LogP) is 3.26. The molecule has 0 saturated heterocycles. The SMILES string of the molecule is C/C(=N\NC(=O)c1ccccc1O)c1ccc(Cl)s1. The number of carbonyl (C=O) groups excluding carboxylic acids is 1. The second-order valence-corrected chi connectivity index (χ2v) is 5.47. The first-order valence-electron chi connectivity index (χ1n) is 5.46. The number of nitrogens with zero attached hydrogens (tertiary/aromatic N) is 1. The lowest BCUT2D eigenvalue weighted by Gasteiger charge is -2.03. The van der Waals surface area contributed by atoms with Crippen molar-refractivity contribution in [3.63, 3.8) is 0 Å². The Balaban J connectivity index is 2.10. The minimum Gasteiger partial charge on any atom is -0.507 e. The van der Waals surface area contributed by atoms with Crippen LogP contribution in [0.2, 0.25) is 4.34 Å². The van der Waals surface area contributed by atoms with Crippen LogP contribution in [0.3, 0.4) is 0 Å². The van der Waals surface area contributed by atoms with Crippen LogP contribution >= 0.6 is 22.9 Å². The molecule has 2 N–H and O–H groups in total. The van der Waals surface area contributed by atoms with Gasteiger partial charge in [-0.05, 0) is 31.2 Å². The third-order valence-corrected chi connectivity index (χ3v) is 3.74. The van der Waals surface area contributed by atoms with Crippen LogP contribution in [0.5, 0.6) is 5.75 Å². The van der Waals surface area contributed by atoms with E-state index in [9.17, 15) is 9.90 Å². The Bertz CT molecular complexity index is 637. The van der Waals surface area contributed by atoms with Gasteiger partial charge in [-0.1, -0.05) is 23.7 Å². The number of nitrogens with one attached hydrogen (secondary N) is 1. The lowest BCUT2D eigenvalue weighted by molar-refractivity contribution is 0.0952. The number of hydrogen-bond donors (Lipinski definition) is 2. The van der Waals surface area contributed by atoms with Crippen LogP contribution in [0.4, 0.5) is 0 Å². The quantitative estimate of drug-likeness (QED) is 0.674. The van der Waals surface area contributed by atoms with Crippen molar-refractivity contribution in [3.8, 4) is 5.75 Å². The third-order valence-electron chi connectivity index (χ3n) is 2.40. The number of aromatic hydroxyl groups is 1. The van der Waals surface area contributed by atoms with Crippen LogP contribution < -0.4 is 5.43 Å². The fourth-order valence-corrected chi connectivity index (χ4v) is 2.41. The fraction of sp³-hybridized carbons (Fsp3) is 0.0769. The minimum absolute atomic E-state index is 0.0768. The zero-order valence-corrected chi connectivity index (χ0v) is 11.6. The van der Waals surface area contributed by atoms with E-state index in [1.807, 2.05) is 6.07 Å². The van der Waals surface area contributed by atoms with Gasteiger partial charge in [0.1, 0.15) is 5.75 Å². The van der Waals surface area contributed by atoms with Crippen LogP contribution in [0, 0.1) is 0 Å². The molecule has 0 saturated carbocycles. The summed E-state index contributed by atoms with van der Waals surface area (Å²) in [6.45, 7) is 1.77. The van der Waals surface area contributed by atoms with Gasteiger partial charge in [0, 0.05) is 0 Å². The van der Waals surface area contributed by atoms with E-state index in [0.29, 0.717) is 10.0 Å². The van der Waals surface area contributed by atoms with E-state index < -0.39 is 5.91 Å². The molecule has 0 unspecified atom stereocenters. The molecule has 0 spiro atoms. The number of amides is 1. The maximum Gasteiger partial charge on any atom is 0.275 e. The summed E-state index contributed by atoms with van der Waals surface area (Å²) in [5.74, 6) is -0.535. The highest BCUT2D eigenvalue weighted by Crippen LogP contribution is 2.22. The number of para-hydroxylation sites is 1. The summed E-state index contributed by atoms with van der Waals surface area (Å²) >= 11 is 7.21. The Morgan fingerprint density at radius 3 is 2.68 bits per heavy atom. The molecule has 1 aromatic heterocycles. The molecule has 0 aliphatic rings. The Morgan fingerprint density at radius 2 is 2.05 bits per heavy atom. The number of benzene rings is 1. The van der Waals surface area contributed by atoms with E-state index in [4.69, 9.17) is 11.6 Å². The van der Waals surface area contributed by atoms with Crippen LogP contribution in [0.15, 0.2) is 41.5 Å². The highest BCUT2D eigenvalue weighted by molar-refractivity contribution is 7.18. The summed E-state index contributed by atoms with van der Waals surface area (Å²) in [6, 6.07) is 9.89. The monoisotopic (exact) mass is 294 g/mol. The van der Waals surface area contributed by atoms with Crippen molar-refractivity contribution < 1.29 is 9.90 Å². The van der Waals surface area contributed by atoms with Gasteiger partial charge in [0.15, 0.2) is 0 Å². The number of rotatable bonds is 3. The highest BCUT2D eigenvalue weighted by atomic mass is 35.5. The molecule has 0 aliphatic heterocycles. The van der Waals surface area contributed by atoms with Gasteiger partial charge in [0.25, 0.3) is 5.91 Å². The molecule has 0 atom stereocenters. The van der Waals surface area contributed by atoms with E-state index in [1.165, 1.54) is 23.5 Å². The average molecular weight is 295 g/mol.